The van der Waals surface area contributed by atoms with Crippen molar-refractivity contribution in [2.75, 3.05) is 0 Å². The molecule has 0 fully saturated rings. The second-order valence-electron chi connectivity index (χ2n) is 6.08. The fraction of sp³-hybridized carbons (Fsp3) is 0.0500. The summed E-state index contributed by atoms with van der Waals surface area (Å²) in [7, 11) is 0. The van der Waals surface area contributed by atoms with Crippen LogP contribution >= 0.6 is 0 Å². The van der Waals surface area contributed by atoms with Crippen molar-refractivity contribution in [2.45, 2.75) is 5.60 Å². The fourth-order valence-corrected chi connectivity index (χ4v) is 3.65. The van der Waals surface area contributed by atoms with Gasteiger partial charge in [0.15, 0.2) is 5.60 Å². The molecule has 3 aromatic carbocycles. The first-order valence-corrected chi connectivity index (χ1v) is 7.77. The summed E-state index contributed by atoms with van der Waals surface area (Å²) < 4.78 is 11.8. The summed E-state index contributed by atoms with van der Waals surface area (Å²) in [5, 5.41) is 19.7. The normalized spacial score (nSPS) is 15.2. The number of aromatic hydroxyl groups is 2. The molecule has 0 aliphatic carbocycles. The monoisotopic (exact) mass is 371 g/mol. The van der Waals surface area contributed by atoms with Gasteiger partial charge in [0, 0.05) is 80.2 Å². The molecular formula is C20H12KO5. The van der Waals surface area contributed by atoms with Crippen molar-refractivity contribution in [2.24, 2.45) is 0 Å². The van der Waals surface area contributed by atoms with E-state index in [1.807, 2.05) is 12.1 Å². The average molecular weight is 371 g/mol. The van der Waals surface area contributed by atoms with Crippen LogP contribution in [-0.2, 0) is 10.3 Å². The van der Waals surface area contributed by atoms with Crippen LogP contribution in [0.15, 0.2) is 60.7 Å². The van der Waals surface area contributed by atoms with Crippen molar-refractivity contribution in [1.29, 1.82) is 0 Å². The molecule has 5 rings (SSSR count). The Morgan fingerprint density at radius 3 is 1.96 bits per heavy atom. The van der Waals surface area contributed by atoms with Crippen molar-refractivity contribution in [3.63, 3.8) is 0 Å². The molecule has 3 aromatic rings. The maximum Gasteiger partial charge on any atom is 0.340 e. The van der Waals surface area contributed by atoms with Crippen molar-refractivity contribution in [3.8, 4) is 23.0 Å². The van der Waals surface area contributed by atoms with Crippen LogP contribution in [0.4, 0.5) is 0 Å². The van der Waals surface area contributed by atoms with E-state index in [1.165, 1.54) is 24.3 Å². The van der Waals surface area contributed by atoms with Crippen LogP contribution in [0.5, 0.6) is 23.0 Å². The minimum Gasteiger partial charge on any atom is -0.508 e. The maximum atomic E-state index is 12.5. The molecule has 123 valence electrons. The van der Waals surface area contributed by atoms with Gasteiger partial charge in [-0.2, -0.15) is 0 Å². The smallest absolute Gasteiger partial charge is 0.340 e. The SMILES string of the molecule is O=C1OC2(c3ccc(O)cc3Oc3cc(O)ccc32)c2ccccc21.[K]. The van der Waals surface area contributed by atoms with E-state index in [2.05, 4.69) is 0 Å². The Morgan fingerprint density at radius 1 is 0.769 bits per heavy atom. The van der Waals surface area contributed by atoms with Crippen LogP contribution in [0.1, 0.15) is 27.0 Å². The Morgan fingerprint density at radius 2 is 1.35 bits per heavy atom. The van der Waals surface area contributed by atoms with E-state index in [9.17, 15) is 15.0 Å². The predicted octanol–water partition coefficient (Wildman–Crippen LogP) is 3.29. The number of hydrogen-bond donors (Lipinski definition) is 2. The number of carbonyl (C=O) groups excluding carboxylic acids is 1. The number of carbonyl (C=O) groups is 1. The Labute approximate surface area is 191 Å². The molecule has 0 bridgehead atoms. The number of benzene rings is 3. The molecule has 6 heteroatoms. The van der Waals surface area contributed by atoms with Crippen LogP contribution in [0, 0.1) is 0 Å². The van der Waals surface area contributed by atoms with Gasteiger partial charge in [-0.15, -0.1) is 0 Å². The molecule has 5 nitrogen and oxygen atoms in total. The summed E-state index contributed by atoms with van der Waals surface area (Å²) in [6, 6.07) is 16.6. The first kappa shape index (κ1) is 17.6. The van der Waals surface area contributed by atoms with Gasteiger partial charge in [-0.25, -0.2) is 4.79 Å². The third kappa shape index (κ3) is 2.27. The van der Waals surface area contributed by atoms with Gasteiger partial charge in [-0.3, -0.25) is 0 Å². The summed E-state index contributed by atoms with van der Waals surface area (Å²) in [6.45, 7) is 0. The first-order valence-electron chi connectivity index (χ1n) is 7.77. The van der Waals surface area contributed by atoms with Crippen LogP contribution in [-0.4, -0.2) is 67.6 Å². The minimum atomic E-state index is -1.17. The predicted molar refractivity (Wildman–Crippen MR) is 93.8 cm³/mol. The zero-order valence-corrected chi connectivity index (χ0v) is 17.0. The third-order valence-corrected chi connectivity index (χ3v) is 4.68. The van der Waals surface area contributed by atoms with E-state index in [0.29, 0.717) is 33.8 Å². The summed E-state index contributed by atoms with van der Waals surface area (Å²) in [5.74, 6) is 0.408. The Bertz CT molecular complexity index is 1010. The quantitative estimate of drug-likeness (QED) is 0.468. The second kappa shape index (κ2) is 6.11. The zero-order valence-electron chi connectivity index (χ0n) is 13.9. The molecule has 1 radical (unpaired) electrons. The van der Waals surface area contributed by atoms with Crippen LogP contribution in [0.3, 0.4) is 0 Å². The summed E-state index contributed by atoms with van der Waals surface area (Å²) in [5.41, 5.74) is 1.28. The minimum absolute atomic E-state index is 0. The summed E-state index contributed by atoms with van der Waals surface area (Å²) >= 11 is 0. The number of esters is 1. The van der Waals surface area contributed by atoms with E-state index >= 15 is 0 Å². The Balaban J connectivity index is 0.00000168. The molecule has 0 aromatic heterocycles. The molecule has 0 saturated carbocycles. The zero-order chi connectivity index (χ0) is 17.2. The standard InChI is InChI=1S/C20H12O5.K/c21-11-5-7-15-17(9-11)24-18-10-12(22)6-8-16(18)20(15)14-4-2-1-3-13(14)19(23)25-20;/h1-10,21-22H;. The van der Waals surface area contributed by atoms with Crippen LogP contribution < -0.4 is 4.74 Å². The molecule has 2 heterocycles. The number of phenols is 2. The molecule has 2 N–H and O–H groups in total. The molecule has 0 unspecified atom stereocenters. The van der Waals surface area contributed by atoms with Crippen molar-refractivity contribution < 1.29 is 24.5 Å². The summed E-state index contributed by atoms with van der Waals surface area (Å²) in [4.78, 5) is 12.5. The fourth-order valence-electron chi connectivity index (χ4n) is 3.65. The summed E-state index contributed by atoms with van der Waals surface area (Å²) in [6.07, 6.45) is 0. The molecule has 2 aliphatic heterocycles. The number of ether oxygens (including phenoxy) is 2. The Kier molecular flexibility index (Phi) is 4.13. The third-order valence-electron chi connectivity index (χ3n) is 4.68. The molecule has 0 atom stereocenters. The number of phenolic OH excluding ortho intramolecular Hbond substituents is 2. The molecule has 0 saturated heterocycles. The van der Waals surface area contributed by atoms with Crippen molar-refractivity contribution in [1.82, 2.24) is 0 Å². The molecule has 1 spiro atoms. The van der Waals surface area contributed by atoms with Crippen molar-refractivity contribution in [3.05, 3.63) is 82.9 Å². The Hall–Kier alpha value is -1.83. The topological polar surface area (TPSA) is 76.0 Å². The van der Waals surface area contributed by atoms with Gasteiger partial charge in [0.2, 0.25) is 0 Å². The van der Waals surface area contributed by atoms with Crippen LogP contribution in [0.25, 0.3) is 0 Å². The van der Waals surface area contributed by atoms with Gasteiger partial charge < -0.3 is 19.7 Å². The number of rotatable bonds is 0. The molecule has 0 amide bonds. The van der Waals surface area contributed by atoms with E-state index in [0.717, 1.165) is 0 Å². The van der Waals surface area contributed by atoms with Gasteiger partial charge >= 0.3 is 5.97 Å². The van der Waals surface area contributed by atoms with E-state index in [-0.39, 0.29) is 62.9 Å². The van der Waals surface area contributed by atoms with Crippen molar-refractivity contribution >= 4 is 57.4 Å². The average Bonchev–Trinajstić information content (AvgIpc) is 2.88. The van der Waals surface area contributed by atoms with Gasteiger partial charge in [0.05, 0.1) is 5.56 Å². The van der Waals surface area contributed by atoms with Gasteiger partial charge in [0.1, 0.15) is 23.0 Å². The van der Waals surface area contributed by atoms with E-state index < -0.39 is 11.6 Å². The number of fused-ring (bicyclic) bond motifs is 6. The molecule has 26 heavy (non-hydrogen) atoms. The van der Waals surface area contributed by atoms with Gasteiger partial charge in [-0.05, 0) is 30.3 Å². The first-order chi connectivity index (χ1) is 12.1. The number of hydrogen-bond acceptors (Lipinski definition) is 5. The van der Waals surface area contributed by atoms with E-state index in [1.54, 1.807) is 24.3 Å². The second-order valence-corrected chi connectivity index (χ2v) is 6.08. The molecular weight excluding hydrogens is 359 g/mol. The molecule has 2 aliphatic rings. The van der Waals surface area contributed by atoms with Crippen LogP contribution in [0.2, 0.25) is 0 Å². The van der Waals surface area contributed by atoms with Gasteiger partial charge in [0.25, 0.3) is 0 Å². The maximum absolute atomic E-state index is 12.5. The largest absolute Gasteiger partial charge is 0.508 e. The van der Waals surface area contributed by atoms with E-state index in [4.69, 9.17) is 9.47 Å². The van der Waals surface area contributed by atoms with Gasteiger partial charge in [-0.1, -0.05) is 18.2 Å².